The maximum absolute atomic E-state index is 10.9. The lowest BCUT2D eigenvalue weighted by Crippen LogP contribution is -2.44. The van der Waals surface area contributed by atoms with Gasteiger partial charge < -0.3 is 24.7 Å². The molecule has 1 fully saturated rings. The average Bonchev–Trinajstić information content (AvgIpc) is 2.71. The summed E-state index contributed by atoms with van der Waals surface area (Å²) in [7, 11) is 0. The Hall–Kier alpha value is -1.37. The van der Waals surface area contributed by atoms with Gasteiger partial charge >= 0.3 is 5.97 Å². The molecule has 3 N–H and O–H groups in total. The smallest absolute Gasteiger partial charge is 0.339 e. The van der Waals surface area contributed by atoms with Gasteiger partial charge in [-0.1, -0.05) is 0 Å². The lowest BCUT2D eigenvalue weighted by Gasteiger charge is -2.32. The van der Waals surface area contributed by atoms with E-state index in [-0.39, 0.29) is 5.56 Å². The van der Waals surface area contributed by atoms with Crippen LogP contribution in [0.4, 0.5) is 0 Å². The molecule has 0 atom stereocenters. The largest absolute Gasteiger partial charge is 0.478 e. The average molecular weight is 269 g/mol. The van der Waals surface area contributed by atoms with E-state index in [0.717, 1.165) is 0 Å². The fourth-order valence-corrected chi connectivity index (χ4v) is 2.19. The number of furan rings is 1. The minimum absolute atomic E-state index is 0.182. The number of nitrogens with one attached hydrogen (secondary N) is 1. The van der Waals surface area contributed by atoms with E-state index in [1.807, 2.05) is 0 Å². The summed E-state index contributed by atoms with van der Waals surface area (Å²) in [5.74, 6) is -0.0322. The van der Waals surface area contributed by atoms with Gasteiger partial charge in [0.05, 0.1) is 12.1 Å². The van der Waals surface area contributed by atoms with Crippen LogP contribution in [-0.2, 0) is 11.3 Å². The summed E-state index contributed by atoms with van der Waals surface area (Å²) in [5, 5.41) is 22.2. The molecule has 0 spiro atoms. The van der Waals surface area contributed by atoms with Crippen molar-refractivity contribution in [1.29, 1.82) is 0 Å². The Morgan fingerprint density at radius 3 is 2.74 bits per heavy atom. The maximum Gasteiger partial charge on any atom is 0.339 e. The van der Waals surface area contributed by atoms with Crippen molar-refractivity contribution in [3.63, 3.8) is 0 Å². The van der Waals surface area contributed by atoms with E-state index < -0.39 is 11.6 Å². The highest BCUT2D eigenvalue weighted by atomic mass is 16.5. The van der Waals surface area contributed by atoms with Crippen LogP contribution in [0.25, 0.3) is 0 Å². The predicted octanol–water partition coefficient (Wildman–Crippen LogP) is 0.917. The maximum atomic E-state index is 10.9. The molecular weight excluding hydrogens is 250 g/mol. The number of ether oxygens (including phenoxy) is 1. The number of aryl methyl sites for hydroxylation is 1. The van der Waals surface area contributed by atoms with Crippen LogP contribution in [0.5, 0.6) is 0 Å². The Labute approximate surface area is 111 Å². The number of carboxylic acid groups (broad SMARTS) is 1. The Bertz CT molecular complexity index is 448. The van der Waals surface area contributed by atoms with Gasteiger partial charge in [-0.05, 0) is 13.0 Å². The van der Waals surface area contributed by atoms with Crippen molar-refractivity contribution in [2.45, 2.75) is 31.9 Å². The fourth-order valence-electron chi connectivity index (χ4n) is 2.19. The van der Waals surface area contributed by atoms with Crippen LogP contribution in [0.15, 0.2) is 10.5 Å². The third-order valence-corrected chi connectivity index (χ3v) is 3.38. The van der Waals surface area contributed by atoms with Crippen molar-refractivity contribution in [3.05, 3.63) is 23.2 Å². The third-order valence-electron chi connectivity index (χ3n) is 3.38. The van der Waals surface area contributed by atoms with Gasteiger partial charge in [-0.3, -0.25) is 0 Å². The van der Waals surface area contributed by atoms with Crippen LogP contribution >= 0.6 is 0 Å². The van der Waals surface area contributed by atoms with Gasteiger partial charge in [0, 0.05) is 32.6 Å². The predicted molar refractivity (Wildman–Crippen MR) is 67.1 cm³/mol. The van der Waals surface area contributed by atoms with Gasteiger partial charge in [0.1, 0.15) is 17.1 Å². The van der Waals surface area contributed by atoms with Crippen LogP contribution in [0.2, 0.25) is 0 Å². The zero-order valence-electron chi connectivity index (χ0n) is 10.9. The molecule has 0 unspecified atom stereocenters. The first kappa shape index (κ1) is 14.0. The third kappa shape index (κ3) is 3.56. The quantitative estimate of drug-likeness (QED) is 0.736. The number of hydrogen-bond donors (Lipinski definition) is 3. The number of aromatic carboxylic acids is 1. The number of carboxylic acids is 1. The second-order valence-electron chi connectivity index (χ2n) is 4.93. The van der Waals surface area contributed by atoms with E-state index in [2.05, 4.69) is 5.32 Å². The molecule has 0 aliphatic carbocycles. The monoisotopic (exact) mass is 269 g/mol. The Kier molecular flexibility index (Phi) is 4.24. The molecule has 6 heteroatoms. The van der Waals surface area contributed by atoms with E-state index in [1.165, 1.54) is 6.07 Å². The lowest BCUT2D eigenvalue weighted by atomic mass is 9.94. The van der Waals surface area contributed by atoms with E-state index in [1.54, 1.807) is 6.92 Å². The Morgan fingerprint density at radius 2 is 2.16 bits per heavy atom. The minimum atomic E-state index is -0.990. The molecule has 2 heterocycles. The molecule has 1 aliphatic rings. The van der Waals surface area contributed by atoms with Crippen LogP contribution in [0.1, 0.15) is 34.7 Å². The summed E-state index contributed by atoms with van der Waals surface area (Å²) >= 11 is 0. The summed E-state index contributed by atoms with van der Waals surface area (Å²) in [6.45, 7) is 3.61. The summed E-state index contributed by atoms with van der Waals surface area (Å²) in [5.41, 5.74) is -0.559. The first-order valence-electron chi connectivity index (χ1n) is 6.34. The molecule has 0 aromatic carbocycles. The fraction of sp³-hybridized carbons (Fsp3) is 0.615. The molecule has 1 aliphatic heterocycles. The minimum Gasteiger partial charge on any atom is -0.478 e. The number of rotatable bonds is 5. The molecule has 0 amide bonds. The number of hydrogen-bond acceptors (Lipinski definition) is 5. The van der Waals surface area contributed by atoms with Crippen LogP contribution in [0, 0.1) is 6.92 Å². The normalized spacial score (nSPS) is 18.4. The molecular formula is C13H19NO5. The SMILES string of the molecule is Cc1oc(CNCC2(O)CCOCC2)cc1C(=O)O. The molecule has 1 aromatic heterocycles. The van der Waals surface area contributed by atoms with Crippen LogP contribution in [-0.4, -0.2) is 41.5 Å². The zero-order chi connectivity index (χ0) is 13.9. The summed E-state index contributed by atoms with van der Waals surface area (Å²) < 4.78 is 10.6. The van der Waals surface area contributed by atoms with Crippen molar-refractivity contribution in [2.24, 2.45) is 0 Å². The van der Waals surface area contributed by atoms with Gasteiger partial charge in [-0.25, -0.2) is 4.79 Å². The first-order valence-corrected chi connectivity index (χ1v) is 6.34. The molecule has 0 radical (unpaired) electrons. The second-order valence-corrected chi connectivity index (χ2v) is 4.93. The number of aliphatic hydroxyl groups is 1. The molecule has 1 saturated heterocycles. The first-order chi connectivity index (χ1) is 9.00. The summed E-state index contributed by atoms with van der Waals surface area (Å²) in [4.78, 5) is 10.9. The van der Waals surface area contributed by atoms with Gasteiger partial charge in [0.25, 0.3) is 0 Å². The van der Waals surface area contributed by atoms with Crippen molar-refractivity contribution >= 4 is 5.97 Å². The highest BCUT2D eigenvalue weighted by Gasteiger charge is 2.29. The van der Waals surface area contributed by atoms with E-state index in [0.29, 0.717) is 50.7 Å². The topological polar surface area (TPSA) is 91.9 Å². The van der Waals surface area contributed by atoms with Crippen molar-refractivity contribution in [3.8, 4) is 0 Å². The van der Waals surface area contributed by atoms with Crippen molar-refractivity contribution in [2.75, 3.05) is 19.8 Å². The van der Waals surface area contributed by atoms with Crippen molar-refractivity contribution < 1.29 is 24.2 Å². The molecule has 6 nitrogen and oxygen atoms in total. The molecule has 2 rings (SSSR count). The van der Waals surface area contributed by atoms with Crippen LogP contribution in [0.3, 0.4) is 0 Å². The Balaban J connectivity index is 1.85. The van der Waals surface area contributed by atoms with Gasteiger partial charge in [-0.2, -0.15) is 0 Å². The Morgan fingerprint density at radius 1 is 1.47 bits per heavy atom. The summed E-state index contributed by atoms with van der Waals surface area (Å²) in [6.07, 6.45) is 1.22. The molecule has 106 valence electrons. The second kappa shape index (κ2) is 5.73. The van der Waals surface area contributed by atoms with E-state index in [9.17, 15) is 9.90 Å². The summed E-state index contributed by atoms with van der Waals surface area (Å²) in [6, 6.07) is 1.51. The molecule has 1 aromatic rings. The molecule has 0 bridgehead atoms. The van der Waals surface area contributed by atoms with Gasteiger partial charge in [0.2, 0.25) is 0 Å². The standard InChI is InChI=1S/C13H19NO5/c1-9-11(12(15)16)6-10(19-9)7-14-8-13(17)2-4-18-5-3-13/h6,14,17H,2-5,7-8H2,1H3,(H,15,16). The highest BCUT2D eigenvalue weighted by molar-refractivity contribution is 5.88. The molecule has 0 saturated carbocycles. The van der Waals surface area contributed by atoms with Crippen molar-refractivity contribution in [1.82, 2.24) is 5.32 Å². The van der Waals surface area contributed by atoms with Gasteiger partial charge in [0.15, 0.2) is 0 Å². The molecule has 19 heavy (non-hydrogen) atoms. The zero-order valence-corrected chi connectivity index (χ0v) is 10.9. The van der Waals surface area contributed by atoms with E-state index >= 15 is 0 Å². The van der Waals surface area contributed by atoms with E-state index in [4.69, 9.17) is 14.3 Å². The van der Waals surface area contributed by atoms with Crippen LogP contribution < -0.4 is 5.32 Å². The highest BCUT2D eigenvalue weighted by Crippen LogP contribution is 2.20. The van der Waals surface area contributed by atoms with Gasteiger partial charge in [-0.15, -0.1) is 0 Å². The number of carbonyl (C=O) groups is 1. The lowest BCUT2D eigenvalue weighted by molar-refractivity contribution is -0.0618.